The summed E-state index contributed by atoms with van der Waals surface area (Å²) in [7, 11) is 0. The molecule has 0 aromatic carbocycles. The van der Waals surface area contributed by atoms with Crippen LogP contribution < -0.4 is 0 Å². The van der Waals surface area contributed by atoms with Crippen molar-refractivity contribution in [2.24, 2.45) is 0 Å². The van der Waals surface area contributed by atoms with Crippen LogP contribution in [0, 0.1) is 0 Å². The highest BCUT2D eigenvalue weighted by Gasteiger charge is 1.72. The summed E-state index contributed by atoms with van der Waals surface area (Å²) in [6.07, 6.45) is 27.0. The summed E-state index contributed by atoms with van der Waals surface area (Å²) in [6.45, 7) is 0. The van der Waals surface area contributed by atoms with Crippen LogP contribution in [0.3, 0.4) is 0 Å². The fourth-order valence-corrected chi connectivity index (χ4v) is 1.05. The molecule has 0 unspecified atom stereocenters. The van der Waals surface area contributed by atoms with Crippen LogP contribution in [0.1, 0.15) is 12.8 Å². The summed E-state index contributed by atoms with van der Waals surface area (Å²) < 4.78 is 0. The van der Waals surface area contributed by atoms with Gasteiger partial charge in [0, 0.05) is 0 Å². The van der Waals surface area contributed by atoms with Gasteiger partial charge in [-0.2, -0.15) is 0 Å². The summed E-state index contributed by atoms with van der Waals surface area (Å²) in [5.41, 5.74) is 0. The molecular weight excluding hydrogens is 168 g/mol. The monoisotopic (exact) mass is 184 g/mol. The van der Waals surface area contributed by atoms with Gasteiger partial charge < -0.3 is 0 Å². The van der Waals surface area contributed by atoms with Gasteiger partial charge >= 0.3 is 0 Å². The van der Waals surface area contributed by atoms with E-state index in [9.17, 15) is 0 Å². The molecule has 0 heterocycles. The van der Waals surface area contributed by atoms with Crippen molar-refractivity contribution >= 4 is 0 Å². The van der Waals surface area contributed by atoms with Gasteiger partial charge in [-0.25, -0.2) is 0 Å². The van der Waals surface area contributed by atoms with E-state index in [0.29, 0.717) is 0 Å². The van der Waals surface area contributed by atoms with Crippen molar-refractivity contribution < 1.29 is 0 Å². The van der Waals surface area contributed by atoms with Gasteiger partial charge in [0.25, 0.3) is 0 Å². The minimum Gasteiger partial charge on any atom is -0.0844 e. The Balaban J connectivity index is 2.56. The molecule has 0 aromatic rings. The molecule has 0 spiro atoms. The van der Waals surface area contributed by atoms with Crippen LogP contribution in [0.25, 0.3) is 0 Å². The maximum absolute atomic E-state index is 2.18. The molecule has 0 aromatic heterocycles. The minimum absolute atomic E-state index is 1.01. The minimum atomic E-state index is 1.01. The van der Waals surface area contributed by atoms with Gasteiger partial charge in [0.15, 0.2) is 0 Å². The Kier molecular flexibility index (Phi) is 6.05. The van der Waals surface area contributed by atoms with Gasteiger partial charge in [0.1, 0.15) is 0 Å². The van der Waals surface area contributed by atoms with Crippen LogP contribution in [-0.2, 0) is 0 Å². The van der Waals surface area contributed by atoms with E-state index in [1.54, 1.807) is 0 Å². The van der Waals surface area contributed by atoms with Crippen molar-refractivity contribution in [3.05, 3.63) is 72.9 Å². The lowest BCUT2D eigenvalue weighted by Gasteiger charge is -1.83. The Morgan fingerprint density at radius 3 is 1.14 bits per heavy atom. The van der Waals surface area contributed by atoms with Crippen LogP contribution in [0.5, 0.6) is 0 Å². The van der Waals surface area contributed by atoms with E-state index in [2.05, 4.69) is 36.5 Å². The molecule has 72 valence electrons. The Labute approximate surface area is 86.3 Å². The number of rotatable bonds is 0. The topological polar surface area (TPSA) is 0 Å². The highest BCUT2D eigenvalue weighted by molar-refractivity contribution is 5.18. The van der Waals surface area contributed by atoms with Crippen molar-refractivity contribution in [3.63, 3.8) is 0 Å². The molecule has 1 rings (SSSR count). The molecule has 0 amide bonds. The average Bonchev–Trinajstić information content (AvgIpc) is 2.22. The van der Waals surface area contributed by atoms with Gasteiger partial charge in [0.05, 0.1) is 0 Å². The lowest BCUT2D eigenvalue weighted by molar-refractivity contribution is 1.31. The molecular formula is C14H16. The van der Waals surface area contributed by atoms with Crippen LogP contribution in [-0.4, -0.2) is 0 Å². The zero-order chi connectivity index (χ0) is 9.90. The third kappa shape index (κ3) is 6.01. The maximum atomic E-state index is 2.18. The zero-order valence-corrected chi connectivity index (χ0v) is 8.34. The molecule has 0 fully saturated rings. The van der Waals surface area contributed by atoms with E-state index in [1.807, 2.05) is 36.5 Å². The molecule has 0 heteroatoms. The Bertz CT molecular complexity index is 266. The normalized spacial score (nSPS) is 30.9. The summed E-state index contributed by atoms with van der Waals surface area (Å²) in [6, 6.07) is 0. The molecule has 0 saturated carbocycles. The summed E-state index contributed by atoms with van der Waals surface area (Å²) >= 11 is 0. The standard InChI is InChI=1S/C14H16/c1-2-4-6-8-10-12-14-13-11-9-7-5-3-1/h1-10,13-14H,11-12H2/b2-1+,5-3-,6-4+,9-7+,10-8+,14-13+. The van der Waals surface area contributed by atoms with Gasteiger partial charge in [0.2, 0.25) is 0 Å². The molecule has 1 aliphatic rings. The third-order valence-electron chi connectivity index (χ3n) is 1.76. The van der Waals surface area contributed by atoms with Crippen molar-refractivity contribution in [1.82, 2.24) is 0 Å². The molecule has 0 radical (unpaired) electrons. The lowest BCUT2D eigenvalue weighted by Crippen LogP contribution is -1.61. The SMILES string of the molecule is C1=C\C=C\C/C=C/C/C=C/C=C/C=C/1. The fourth-order valence-electron chi connectivity index (χ4n) is 1.05. The number of hydrogen-bond acceptors (Lipinski definition) is 0. The van der Waals surface area contributed by atoms with Crippen molar-refractivity contribution in [1.29, 1.82) is 0 Å². The van der Waals surface area contributed by atoms with E-state index < -0.39 is 0 Å². The predicted octanol–water partition coefficient (Wildman–Crippen LogP) is 4.12. The molecule has 0 aliphatic heterocycles. The van der Waals surface area contributed by atoms with E-state index in [1.165, 1.54) is 0 Å². The molecule has 0 saturated heterocycles. The smallest absolute Gasteiger partial charge is 0.0166 e. The van der Waals surface area contributed by atoms with Crippen LogP contribution in [0.15, 0.2) is 72.9 Å². The highest BCUT2D eigenvalue weighted by atomic mass is 13.8. The third-order valence-corrected chi connectivity index (χ3v) is 1.76. The van der Waals surface area contributed by atoms with Gasteiger partial charge in [-0.15, -0.1) is 0 Å². The largest absolute Gasteiger partial charge is 0.0844 e. The van der Waals surface area contributed by atoms with E-state index in [4.69, 9.17) is 0 Å². The van der Waals surface area contributed by atoms with E-state index >= 15 is 0 Å². The van der Waals surface area contributed by atoms with Crippen LogP contribution >= 0.6 is 0 Å². The molecule has 1 aliphatic carbocycles. The van der Waals surface area contributed by atoms with E-state index in [-0.39, 0.29) is 0 Å². The van der Waals surface area contributed by atoms with Gasteiger partial charge in [-0.05, 0) is 12.8 Å². The van der Waals surface area contributed by atoms with E-state index in [0.717, 1.165) is 12.8 Å². The first-order valence-electron chi connectivity index (χ1n) is 4.97. The first-order chi connectivity index (χ1) is 7.00. The Hall–Kier alpha value is -1.56. The first kappa shape index (κ1) is 10.5. The van der Waals surface area contributed by atoms with Crippen molar-refractivity contribution in [2.75, 3.05) is 0 Å². The molecule has 0 bridgehead atoms. The zero-order valence-electron chi connectivity index (χ0n) is 8.34. The second-order valence-corrected chi connectivity index (χ2v) is 2.95. The number of allylic oxidation sites excluding steroid dienone is 12. The predicted molar refractivity (Wildman–Crippen MR) is 64.1 cm³/mol. The summed E-state index contributed by atoms with van der Waals surface area (Å²) in [5, 5.41) is 0. The molecule has 0 N–H and O–H groups in total. The summed E-state index contributed by atoms with van der Waals surface area (Å²) in [4.78, 5) is 0. The molecule has 0 atom stereocenters. The molecule has 0 nitrogen and oxygen atoms in total. The van der Waals surface area contributed by atoms with Crippen molar-refractivity contribution in [3.8, 4) is 0 Å². The fraction of sp³-hybridized carbons (Fsp3) is 0.143. The lowest BCUT2D eigenvalue weighted by atomic mass is 10.2. The van der Waals surface area contributed by atoms with Crippen LogP contribution in [0.4, 0.5) is 0 Å². The molecule has 14 heavy (non-hydrogen) atoms. The summed E-state index contributed by atoms with van der Waals surface area (Å²) in [5.74, 6) is 0. The maximum Gasteiger partial charge on any atom is -0.0166 e. The number of hydrogen-bond donors (Lipinski definition) is 0. The Morgan fingerprint density at radius 1 is 0.357 bits per heavy atom. The van der Waals surface area contributed by atoms with Gasteiger partial charge in [-0.1, -0.05) is 72.9 Å². The highest BCUT2D eigenvalue weighted by Crippen LogP contribution is 1.93. The second kappa shape index (κ2) is 8.06. The first-order valence-corrected chi connectivity index (χ1v) is 4.97. The van der Waals surface area contributed by atoms with Crippen LogP contribution in [0.2, 0.25) is 0 Å². The Morgan fingerprint density at radius 2 is 0.714 bits per heavy atom. The van der Waals surface area contributed by atoms with Crippen molar-refractivity contribution in [2.45, 2.75) is 12.8 Å². The quantitative estimate of drug-likeness (QED) is 0.497. The van der Waals surface area contributed by atoms with Gasteiger partial charge in [-0.3, -0.25) is 0 Å². The second-order valence-electron chi connectivity index (χ2n) is 2.95. The average molecular weight is 184 g/mol.